The summed E-state index contributed by atoms with van der Waals surface area (Å²) in [6, 6.07) is 13.7. The lowest BCUT2D eigenvalue weighted by Crippen LogP contribution is -2.38. The molecule has 1 heterocycles. The van der Waals surface area contributed by atoms with Gasteiger partial charge in [0.05, 0.1) is 0 Å². The minimum Gasteiger partial charge on any atom is -0.482 e. The zero-order valence-corrected chi connectivity index (χ0v) is 13.4. The van der Waals surface area contributed by atoms with Crippen LogP contribution in [0.15, 0.2) is 46.9 Å². The van der Waals surface area contributed by atoms with E-state index in [1.807, 2.05) is 49.4 Å². The molecule has 0 saturated carbocycles. The summed E-state index contributed by atoms with van der Waals surface area (Å²) in [7, 11) is 0. The van der Waals surface area contributed by atoms with Crippen molar-refractivity contribution in [1.82, 2.24) is 0 Å². The molecular formula is C16H15BrClNO. The molecule has 0 amide bonds. The van der Waals surface area contributed by atoms with Crippen LogP contribution in [-0.4, -0.2) is 0 Å². The standard InChI is InChI=1S/C16H15BrClNO/c1-16(12-7-6-10(17)8-13(12)18)9-14(19)11-4-2-3-5-15(11)20-16/h2-8,14H,9,19H2,1H3. The first-order valence-corrected chi connectivity index (χ1v) is 7.66. The van der Waals surface area contributed by atoms with Crippen molar-refractivity contribution in [2.45, 2.75) is 25.0 Å². The topological polar surface area (TPSA) is 35.2 Å². The Kier molecular flexibility index (Phi) is 3.53. The van der Waals surface area contributed by atoms with Crippen LogP contribution in [0.25, 0.3) is 0 Å². The van der Waals surface area contributed by atoms with E-state index in [0.29, 0.717) is 11.4 Å². The van der Waals surface area contributed by atoms with Gasteiger partial charge in [0.1, 0.15) is 11.4 Å². The van der Waals surface area contributed by atoms with Gasteiger partial charge >= 0.3 is 0 Å². The van der Waals surface area contributed by atoms with E-state index in [1.165, 1.54) is 0 Å². The monoisotopic (exact) mass is 351 g/mol. The summed E-state index contributed by atoms with van der Waals surface area (Å²) in [5.41, 5.74) is 7.82. The first-order valence-electron chi connectivity index (χ1n) is 6.49. The highest BCUT2D eigenvalue weighted by atomic mass is 79.9. The lowest BCUT2D eigenvalue weighted by atomic mass is 9.84. The molecule has 0 radical (unpaired) electrons. The van der Waals surface area contributed by atoms with Gasteiger partial charge in [0.2, 0.25) is 0 Å². The maximum Gasteiger partial charge on any atom is 0.134 e. The molecule has 2 aromatic carbocycles. The molecule has 3 rings (SSSR count). The van der Waals surface area contributed by atoms with Crippen molar-refractivity contribution in [2.75, 3.05) is 0 Å². The third-order valence-corrected chi connectivity index (χ3v) is 4.57. The number of para-hydroxylation sites is 1. The molecule has 0 fully saturated rings. The van der Waals surface area contributed by atoms with Crippen molar-refractivity contribution in [3.63, 3.8) is 0 Å². The molecule has 0 spiro atoms. The van der Waals surface area contributed by atoms with Crippen LogP contribution in [-0.2, 0) is 5.60 Å². The molecule has 20 heavy (non-hydrogen) atoms. The third-order valence-electron chi connectivity index (χ3n) is 3.76. The second-order valence-electron chi connectivity index (χ2n) is 5.31. The molecule has 0 aromatic heterocycles. The van der Waals surface area contributed by atoms with Crippen LogP contribution in [0.3, 0.4) is 0 Å². The Bertz CT molecular complexity index is 661. The largest absolute Gasteiger partial charge is 0.482 e. The van der Waals surface area contributed by atoms with Crippen LogP contribution in [0, 0.1) is 0 Å². The lowest BCUT2D eigenvalue weighted by Gasteiger charge is -2.39. The molecule has 104 valence electrons. The maximum atomic E-state index is 6.38. The molecule has 2 unspecified atom stereocenters. The fraction of sp³-hybridized carbons (Fsp3) is 0.250. The Balaban J connectivity index is 2.06. The van der Waals surface area contributed by atoms with Gasteiger partial charge in [-0.05, 0) is 25.1 Å². The Morgan fingerprint density at radius 1 is 1.30 bits per heavy atom. The number of hydrogen-bond donors (Lipinski definition) is 1. The summed E-state index contributed by atoms with van der Waals surface area (Å²) in [4.78, 5) is 0. The molecule has 1 aliphatic heterocycles. The Morgan fingerprint density at radius 3 is 2.80 bits per heavy atom. The number of benzene rings is 2. The van der Waals surface area contributed by atoms with Gasteiger partial charge in [-0.1, -0.05) is 51.8 Å². The molecule has 2 N–H and O–H groups in total. The Labute approximate surface area is 132 Å². The van der Waals surface area contributed by atoms with E-state index >= 15 is 0 Å². The van der Waals surface area contributed by atoms with E-state index in [0.717, 1.165) is 21.3 Å². The van der Waals surface area contributed by atoms with Gasteiger partial charge in [0, 0.05) is 33.1 Å². The van der Waals surface area contributed by atoms with E-state index in [9.17, 15) is 0 Å². The van der Waals surface area contributed by atoms with Crippen molar-refractivity contribution in [3.8, 4) is 5.75 Å². The van der Waals surface area contributed by atoms with E-state index < -0.39 is 5.60 Å². The van der Waals surface area contributed by atoms with Crippen LogP contribution in [0.2, 0.25) is 5.02 Å². The second-order valence-corrected chi connectivity index (χ2v) is 6.63. The van der Waals surface area contributed by atoms with Crippen molar-refractivity contribution in [2.24, 2.45) is 5.73 Å². The highest BCUT2D eigenvalue weighted by Crippen LogP contribution is 2.45. The first kappa shape index (κ1) is 13.9. The number of ether oxygens (including phenoxy) is 1. The summed E-state index contributed by atoms with van der Waals surface area (Å²) in [5.74, 6) is 0.840. The quantitative estimate of drug-likeness (QED) is 0.800. The van der Waals surface area contributed by atoms with E-state index in [-0.39, 0.29) is 6.04 Å². The van der Waals surface area contributed by atoms with E-state index in [4.69, 9.17) is 22.1 Å². The van der Waals surface area contributed by atoms with Gasteiger partial charge in [-0.25, -0.2) is 0 Å². The predicted octanol–water partition coefficient (Wildman–Crippen LogP) is 4.80. The average molecular weight is 353 g/mol. The van der Waals surface area contributed by atoms with Crippen LogP contribution in [0.4, 0.5) is 0 Å². The Morgan fingerprint density at radius 2 is 2.05 bits per heavy atom. The molecule has 2 nitrogen and oxygen atoms in total. The molecule has 1 aliphatic rings. The van der Waals surface area contributed by atoms with Crippen LogP contribution >= 0.6 is 27.5 Å². The molecule has 0 bridgehead atoms. The van der Waals surface area contributed by atoms with E-state index in [1.54, 1.807) is 0 Å². The van der Waals surface area contributed by atoms with Gasteiger partial charge in [-0.3, -0.25) is 0 Å². The number of halogens is 2. The van der Waals surface area contributed by atoms with Crippen molar-refractivity contribution < 1.29 is 4.74 Å². The van der Waals surface area contributed by atoms with Gasteiger partial charge in [0.15, 0.2) is 0 Å². The van der Waals surface area contributed by atoms with Crippen molar-refractivity contribution in [1.29, 1.82) is 0 Å². The molecule has 2 atom stereocenters. The lowest BCUT2D eigenvalue weighted by molar-refractivity contribution is 0.0512. The smallest absolute Gasteiger partial charge is 0.134 e. The predicted molar refractivity (Wildman–Crippen MR) is 85.1 cm³/mol. The normalized spacial score (nSPS) is 24.9. The number of hydrogen-bond acceptors (Lipinski definition) is 2. The zero-order chi connectivity index (χ0) is 14.3. The molecule has 4 heteroatoms. The first-order chi connectivity index (χ1) is 9.49. The van der Waals surface area contributed by atoms with Crippen LogP contribution in [0.5, 0.6) is 5.75 Å². The highest BCUT2D eigenvalue weighted by molar-refractivity contribution is 9.10. The zero-order valence-electron chi connectivity index (χ0n) is 11.1. The van der Waals surface area contributed by atoms with Gasteiger partial charge in [-0.2, -0.15) is 0 Å². The third kappa shape index (κ3) is 2.34. The summed E-state index contributed by atoms with van der Waals surface area (Å²) in [6.07, 6.45) is 0.700. The summed E-state index contributed by atoms with van der Waals surface area (Å²) in [5, 5.41) is 0.688. The number of nitrogens with two attached hydrogens (primary N) is 1. The fourth-order valence-electron chi connectivity index (χ4n) is 2.78. The number of rotatable bonds is 1. The SMILES string of the molecule is CC1(c2ccc(Br)cc2Cl)CC(N)c2ccccc2O1. The van der Waals surface area contributed by atoms with Gasteiger partial charge in [-0.15, -0.1) is 0 Å². The maximum absolute atomic E-state index is 6.38. The van der Waals surface area contributed by atoms with Gasteiger partial charge in [0.25, 0.3) is 0 Å². The second kappa shape index (κ2) is 5.06. The van der Waals surface area contributed by atoms with E-state index in [2.05, 4.69) is 15.9 Å². The van der Waals surface area contributed by atoms with Crippen molar-refractivity contribution in [3.05, 3.63) is 63.1 Å². The van der Waals surface area contributed by atoms with Crippen molar-refractivity contribution >= 4 is 27.5 Å². The minimum absolute atomic E-state index is 0.0512. The summed E-state index contributed by atoms with van der Waals surface area (Å²) >= 11 is 9.80. The minimum atomic E-state index is -0.508. The molecular weight excluding hydrogens is 338 g/mol. The van der Waals surface area contributed by atoms with Gasteiger partial charge < -0.3 is 10.5 Å². The summed E-state index contributed by atoms with van der Waals surface area (Å²) < 4.78 is 7.17. The average Bonchev–Trinajstić information content (AvgIpc) is 2.38. The van der Waals surface area contributed by atoms with Crippen LogP contribution < -0.4 is 10.5 Å². The summed E-state index contributed by atoms with van der Waals surface area (Å²) in [6.45, 7) is 2.04. The molecule has 0 aliphatic carbocycles. The number of fused-ring (bicyclic) bond motifs is 1. The highest BCUT2D eigenvalue weighted by Gasteiger charge is 2.38. The molecule has 2 aromatic rings. The Hall–Kier alpha value is -1.03. The van der Waals surface area contributed by atoms with Crippen LogP contribution in [0.1, 0.15) is 30.5 Å². The fourth-order valence-corrected chi connectivity index (χ4v) is 3.65. The molecule has 0 saturated heterocycles.